The first-order valence-electron chi connectivity index (χ1n) is 7.03. The fraction of sp³-hybridized carbons (Fsp3) is 0.467. The number of aromatic carboxylic acids is 1. The maximum Gasteiger partial charge on any atom is 0.337 e. The lowest BCUT2D eigenvalue weighted by Crippen LogP contribution is -2.43. The number of carbonyl (C=O) groups is 2. The average Bonchev–Trinajstić information content (AvgIpc) is 2.37. The van der Waals surface area contributed by atoms with E-state index in [1.165, 1.54) is 24.6 Å². The van der Waals surface area contributed by atoms with Gasteiger partial charge in [0.1, 0.15) is 0 Å². The van der Waals surface area contributed by atoms with Gasteiger partial charge in [0.25, 0.3) is 0 Å². The van der Waals surface area contributed by atoms with Gasteiger partial charge >= 0.3 is 12.0 Å². The molecule has 0 aliphatic heterocycles. The molecule has 1 aromatic rings. The molecule has 0 aromatic heterocycles. The van der Waals surface area contributed by atoms with Gasteiger partial charge in [0.2, 0.25) is 0 Å². The van der Waals surface area contributed by atoms with E-state index in [2.05, 4.69) is 17.6 Å². The summed E-state index contributed by atoms with van der Waals surface area (Å²) in [6.07, 6.45) is 4.60. The van der Waals surface area contributed by atoms with Crippen LogP contribution in [-0.2, 0) is 0 Å². The number of rotatable bonds is 5. The summed E-state index contributed by atoms with van der Waals surface area (Å²) in [5.74, 6) is -1.09. The summed E-state index contributed by atoms with van der Waals surface area (Å²) in [5, 5.41) is 14.5. The molecule has 2 rings (SSSR count). The molecule has 21 heavy (non-hydrogen) atoms. The Bertz CT molecular complexity index is 550. The second kappa shape index (κ2) is 6.35. The molecule has 0 saturated heterocycles. The van der Waals surface area contributed by atoms with Gasteiger partial charge in [0.05, 0.1) is 10.6 Å². The summed E-state index contributed by atoms with van der Waals surface area (Å²) in [6, 6.07) is 4.03. The summed E-state index contributed by atoms with van der Waals surface area (Å²) < 4.78 is 0. The van der Waals surface area contributed by atoms with Crippen molar-refractivity contribution in [2.45, 2.75) is 32.6 Å². The molecule has 1 aliphatic carbocycles. The Labute approximate surface area is 128 Å². The Hall–Kier alpha value is -1.75. The van der Waals surface area contributed by atoms with Gasteiger partial charge < -0.3 is 15.7 Å². The van der Waals surface area contributed by atoms with Crippen LogP contribution < -0.4 is 10.6 Å². The maximum atomic E-state index is 11.9. The Morgan fingerprint density at radius 1 is 1.38 bits per heavy atom. The number of carbonyl (C=O) groups excluding carboxylic acids is 1. The van der Waals surface area contributed by atoms with E-state index in [9.17, 15) is 9.59 Å². The van der Waals surface area contributed by atoms with Crippen molar-refractivity contribution in [2.24, 2.45) is 5.41 Å². The molecule has 0 bridgehead atoms. The van der Waals surface area contributed by atoms with Crippen LogP contribution in [-0.4, -0.2) is 23.7 Å². The highest BCUT2D eigenvalue weighted by Crippen LogP contribution is 2.43. The summed E-state index contributed by atoms with van der Waals surface area (Å²) in [5.41, 5.74) is 0.742. The zero-order valence-electron chi connectivity index (χ0n) is 11.9. The smallest absolute Gasteiger partial charge is 0.337 e. The molecule has 114 valence electrons. The Morgan fingerprint density at radius 2 is 2.10 bits per heavy atom. The van der Waals surface area contributed by atoms with Crippen molar-refractivity contribution >= 4 is 29.3 Å². The highest BCUT2D eigenvalue weighted by molar-refractivity contribution is 6.33. The molecular weight excluding hydrogens is 292 g/mol. The van der Waals surface area contributed by atoms with E-state index in [-0.39, 0.29) is 22.0 Å². The zero-order chi connectivity index (χ0) is 15.5. The number of carboxylic acid groups (broad SMARTS) is 1. The van der Waals surface area contributed by atoms with Crippen molar-refractivity contribution in [3.63, 3.8) is 0 Å². The molecule has 2 amide bonds. The van der Waals surface area contributed by atoms with Gasteiger partial charge in [-0.1, -0.05) is 24.9 Å². The van der Waals surface area contributed by atoms with E-state index in [0.29, 0.717) is 12.2 Å². The Balaban J connectivity index is 1.91. The summed E-state index contributed by atoms with van der Waals surface area (Å²) in [4.78, 5) is 22.7. The third-order valence-electron chi connectivity index (χ3n) is 4.25. The van der Waals surface area contributed by atoms with Crippen LogP contribution in [0.15, 0.2) is 18.2 Å². The average molecular weight is 311 g/mol. The lowest BCUT2D eigenvalue weighted by atomic mass is 9.67. The van der Waals surface area contributed by atoms with Crippen LogP contribution >= 0.6 is 11.6 Å². The van der Waals surface area contributed by atoms with Gasteiger partial charge in [-0.3, -0.25) is 0 Å². The van der Waals surface area contributed by atoms with E-state index in [1.54, 1.807) is 0 Å². The number of hydrogen-bond acceptors (Lipinski definition) is 2. The van der Waals surface area contributed by atoms with Gasteiger partial charge in [0, 0.05) is 12.2 Å². The van der Waals surface area contributed by atoms with E-state index in [4.69, 9.17) is 16.7 Å². The number of carboxylic acids is 1. The second-order valence-electron chi connectivity index (χ2n) is 5.51. The molecule has 1 fully saturated rings. The van der Waals surface area contributed by atoms with E-state index in [0.717, 1.165) is 19.3 Å². The lowest BCUT2D eigenvalue weighted by molar-refractivity contribution is 0.0697. The normalized spacial score (nSPS) is 15.9. The zero-order valence-corrected chi connectivity index (χ0v) is 12.7. The van der Waals surface area contributed by atoms with Crippen molar-refractivity contribution in [1.29, 1.82) is 0 Å². The Morgan fingerprint density at radius 3 is 2.57 bits per heavy atom. The fourth-order valence-corrected chi connectivity index (χ4v) is 2.80. The minimum absolute atomic E-state index is 0.0158. The number of halogens is 1. The van der Waals surface area contributed by atoms with Crippen molar-refractivity contribution < 1.29 is 14.7 Å². The minimum atomic E-state index is -1.09. The predicted octanol–water partition coefficient (Wildman–Crippen LogP) is 3.74. The molecule has 1 aliphatic rings. The molecule has 0 heterocycles. The highest BCUT2D eigenvalue weighted by Gasteiger charge is 2.35. The molecule has 0 unspecified atom stereocenters. The first kappa shape index (κ1) is 15.6. The molecule has 0 atom stereocenters. The van der Waals surface area contributed by atoms with Crippen molar-refractivity contribution in [2.75, 3.05) is 11.9 Å². The highest BCUT2D eigenvalue weighted by atomic mass is 35.5. The Kier molecular flexibility index (Phi) is 4.73. The standard InChI is InChI=1S/C15H19ClN2O3/c1-2-15(6-3-7-15)9-17-14(21)18-10-4-5-11(13(19)20)12(16)8-10/h4-5,8H,2-3,6-7,9H2,1H3,(H,19,20)(H2,17,18,21). The SMILES string of the molecule is CCC1(CNC(=O)Nc2ccc(C(=O)O)c(Cl)c2)CCC1. The van der Waals surface area contributed by atoms with E-state index in [1.807, 2.05) is 0 Å². The molecule has 1 aromatic carbocycles. The van der Waals surface area contributed by atoms with Crippen LogP contribution in [0.2, 0.25) is 5.02 Å². The number of benzene rings is 1. The van der Waals surface area contributed by atoms with Crippen LogP contribution in [0.4, 0.5) is 10.5 Å². The third-order valence-corrected chi connectivity index (χ3v) is 4.56. The maximum absolute atomic E-state index is 11.9. The van der Waals surface area contributed by atoms with Crippen LogP contribution in [0.3, 0.4) is 0 Å². The molecule has 1 saturated carbocycles. The summed E-state index contributed by atoms with van der Waals surface area (Å²) >= 11 is 5.86. The van der Waals surface area contributed by atoms with Crippen molar-refractivity contribution in [3.8, 4) is 0 Å². The van der Waals surface area contributed by atoms with Crippen LogP contribution in [0.1, 0.15) is 43.0 Å². The van der Waals surface area contributed by atoms with Crippen LogP contribution in [0.25, 0.3) is 0 Å². The summed E-state index contributed by atoms with van der Waals surface area (Å²) in [7, 11) is 0. The number of amides is 2. The number of nitrogens with one attached hydrogen (secondary N) is 2. The summed E-state index contributed by atoms with van der Waals surface area (Å²) in [6.45, 7) is 2.80. The molecule has 5 nitrogen and oxygen atoms in total. The molecule has 3 N–H and O–H groups in total. The second-order valence-corrected chi connectivity index (χ2v) is 5.92. The largest absolute Gasteiger partial charge is 0.478 e. The number of anilines is 1. The predicted molar refractivity (Wildman–Crippen MR) is 82.0 cm³/mol. The van der Waals surface area contributed by atoms with Gasteiger partial charge in [-0.2, -0.15) is 0 Å². The number of hydrogen-bond donors (Lipinski definition) is 3. The van der Waals surface area contributed by atoms with Gasteiger partial charge in [-0.25, -0.2) is 9.59 Å². The fourth-order valence-electron chi connectivity index (χ4n) is 2.54. The number of urea groups is 1. The van der Waals surface area contributed by atoms with Gasteiger partial charge in [-0.15, -0.1) is 0 Å². The van der Waals surface area contributed by atoms with Gasteiger partial charge in [-0.05, 0) is 42.9 Å². The monoisotopic (exact) mass is 310 g/mol. The van der Waals surface area contributed by atoms with E-state index >= 15 is 0 Å². The van der Waals surface area contributed by atoms with E-state index < -0.39 is 5.97 Å². The molecular formula is C15H19ClN2O3. The van der Waals surface area contributed by atoms with Gasteiger partial charge in [0.15, 0.2) is 0 Å². The quantitative estimate of drug-likeness (QED) is 0.775. The lowest BCUT2D eigenvalue weighted by Gasteiger charge is -2.41. The van der Waals surface area contributed by atoms with Crippen LogP contribution in [0.5, 0.6) is 0 Å². The molecule has 6 heteroatoms. The topological polar surface area (TPSA) is 78.4 Å². The van der Waals surface area contributed by atoms with Crippen molar-refractivity contribution in [1.82, 2.24) is 5.32 Å². The first-order valence-corrected chi connectivity index (χ1v) is 7.41. The van der Waals surface area contributed by atoms with Crippen LogP contribution in [0, 0.1) is 5.41 Å². The van der Waals surface area contributed by atoms with Crippen molar-refractivity contribution in [3.05, 3.63) is 28.8 Å². The minimum Gasteiger partial charge on any atom is -0.478 e. The molecule has 0 spiro atoms. The first-order chi connectivity index (χ1) is 9.96. The third kappa shape index (κ3) is 3.67. The molecule has 0 radical (unpaired) electrons.